The van der Waals surface area contributed by atoms with Gasteiger partial charge in [0.2, 0.25) is 0 Å². The molecule has 1 N–H and O–H groups in total. The van der Waals surface area contributed by atoms with Crippen molar-refractivity contribution in [1.82, 2.24) is 0 Å². The second-order valence-electron chi connectivity index (χ2n) is 5.57. The molecule has 0 radical (unpaired) electrons. The molecule has 0 saturated heterocycles. The molecular weight excluding hydrogens is 280 g/mol. The Morgan fingerprint density at radius 3 is 2.35 bits per heavy atom. The number of aromatic carboxylic acids is 1. The first kappa shape index (κ1) is 16.5. The van der Waals surface area contributed by atoms with Crippen LogP contribution in [0.2, 0.25) is 0 Å². The molecule has 0 bridgehead atoms. The maximum atomic E-state index is 11.9. The number of ether oxygens (including phenoxy) is 1. The first-order valence-electron chi connectivity index (χ1n) is 6.23. The standard InChI is InChI=1S/C14H20O5S/c1-10-9-11(13(15)16)5-6-12(10)19-7-8-20(17,18)14(2,3)4/h5-6,9H,7-8H2,1-4H3,(H,15,16). The van der Waals surface area contributed by atoms with Gasteiger partial charge in [0.1, 0.15) is 12.4 Å². The molecule has 0 saturated carbocycles. The minimum atomic E-state index is -3.22. The lowest BCUT2D eigenvalue weighted by Gasteiger charge is -2.19. The molecule has 0 aliphatic rings. The van der Waals surface area contributed by atoms with Crippen LogP contribution in [0.25, 0.3) is 0 Å². The molecule has 0 atom stereocenters. The number of hydrogen-bond acceptors (Lipinski definition) is 4. The molecule has 1 aromatic carbocycles. The lowest BCUT2D eigenvalue weighted by molar-refractivity contribution is 0.0696. The minimum absolute atomic E-state index is 0.0485. The van der Waals surface area contributed by atoms with E-state index in [0.29, 0.717) is 11.3 Å². The van der Waals surface area contributed by atoms with Gasteiger partial charge in [-0.3, -0.25) is 0 Å². The zero-order chi connectivity index (χ0) is 15.6. The Morgan fingerprint density at radius 1 is 1.30 bits per heavy atom. The molecule has 20 heavy (non-hydrogen) atoms. The Balaban J connectivity index is 2.71. The van der Waals surface area contributed by atoms with Crippen molar-refractivity contribution in [3.8, 4) is 5.75 Å². The Bertz CT molecular complexity index is 596. The van der Waals surface area contributed by atoms with Crippen LogP contribution >= 0.6 is 0 Å². The average molecular weight is 300 g/mol. The minimum Gasteiger partial charge on any atom is -0.492 e. The highest BCUT2D eigenvalue weighted by Crippen LogP contribution is 2.20. The van der Waals surface area contributed by atoms with Crippen molar-refractivity contribution in [3.05, 3.63) is 29.3 Å². The number of aryl methyl sites for hydroxylation is 1. The Kier molecular flexibility index (Phi) is 4.81. The first-order valence-corrected chi connectivity index (χ1v) is 7.89. The van der Waals surface area contributed by atoms with Gasteiger partial charge < -0.3 is 9.84 Å². The fourth-order valence-corrected chi connectivity index (χ4v) is 2.43. The van der Waals surface area contributed by atoms with E-state index in [-0.39, 0.29) is 17.9 Å². The number of sulfone groups is 1. The Hall–Kier alpha value is -1.56. The van der Waals surface area contributed by atoms with Gasteiger partial charge in [0.15, 0.2) is 9.84 Å². The van der Waals surface area contributed by atoms with Crippen LogP contribution in [0, 0.1) is 6.92 Å². The molecule has 0 unspecified atom stereocenters. The molecule has 6 heteroatoms. The summed E-state index contributed by atoms with van der Waals surface area (Å²) in [5.41, 5.74) is 0.843. The molecule has 1 aromatic rings. The van der Waals surface area contributed by atoms with Crippen molar-refractivity contribution in [3.63, 3.8) is 0 Å². The van der Waals surface area contributed by atoms with E-state index >= 15 is 0 Å². The number of carbonyl (C=O) groups is 1. The fourth-order valence-electron chi connectivity index (χ4n) is 1.51. The van der Waals surface area contributed by atoms with E-state index in [9.17, 15) is 13.2 Å². The second kappa shape index (κ2) is 5.83. The summed E-state index contributed by atoms with van der Waals surface area (Å²) in [6, 6.07) is 4.47. The van der Waals surface area contributed by atoms with E-state index in [0.717, 1.165) is 0 Å². The van der Waals surface area contributed by atoms with Crippen molar-refractivity contribution < 1.29 is 23.1 Å². The molecular formula is C14H20O5S. The predicted octanol–water partition coefficient (Wildman–Crippen LogP) is 2.29. The Labute approximate surface area is 119 Å². The summed E-state index contributed by atoms with van der Waals surface area (Å²) in [6.45, 7) is 6.71. The SMILES string of the molecule is Cc1cc(C(=O)O)ccc1OCCS(=O)(=O)C(C)(C)C. The van der Waals surface area contributed by atoms with Gasteiger partial charge in [-0.2, -0.15) is 0 Å². The molecule has 0 aliphatic heterocycles. The van der Waals surface area contributed by atoms with E-state index in [1.54, 1.807) is 33.8 Å². The summed E-state index contributed by atoms with van der Waals surface area (Å²) >= 11 is 0. The number of carboxylic acid groups (broad SMARTS) is 1. The van der Waals surface area contributed by atoms with Gasteiger partial charge in [-0.15, -0.1) is 0 Å². The maximum Gasteiger partial charge on any atom is 0.335 e. The number of carboxylic acids is 1. The molecule has 5 nitrogen and oxygen atoms in total. The summed E-state index contributed by atoms with van der Waals surface area (Å²) in [6.07, 6.45) is 0. The van der Waals surface area contributed by atoms with Crippen molar-refractivity contribution >= 4 is 15.8 Å². The fraction of sp³-hybridized carbons (Fsp3) is 0.500. The predicted molar refractivity (Wildman–Crippen MR) is 77.2 cm³/mol. The molecule has 0 spiro atoms. The average Bonchev–Trinajstić information content (AvgIpc) is 2.29. The van der Waals surface area contributed by atoms with Gasteiger partial charge in [-0.05, 0) is 51.5 Å². The topological polar surface area (TPSA) is 80.7 Å². The maximum absolute atomic E-state index is 11.9. The highest BCUT2D eigenvalue weighted by Gasteiger charge is 2.28. The lowest BCUT2D eigenvalue weighted by Crippen LogP contribution is -2.32. The largest absolute Gasteiger partial charge is 0.492 e. The van der Waals surface area contributed by atoms with Crippen molar-refractivity contribution in [2.75, 3.05) is 12.4 Å². The van der Waals surface area contributed by atoms with Gasteiger partial charge in [0, 0.05) is 0 Å². The normalized spacial score (nSPS) is 12.2. The highest BCUT2D eigenvalue weighted by molar-refractivity contribution is 7.92. The van der Waals surface area contributed by atoms with Crippen LogP contribution in [0.5, 0.6) is 5.75 Å². The van der Waals surface area contributed by atoms with Crippen LogP contribution in [0.3, 0.4) is 0 Å². The third kappa shape index (κ3) is 3.96. The van der Waals surface area contributed by atoms with Crippen molar-refractivity contribution in [1.29, 1.82) is 0 Å². The van der Waals surface area contributed by atoms with E-state index in [1.165, 1.54) is 12.1 Å². The summed E-state index contributed by atoms with van der Waals surface area (Å²) in [7, 11) is -3.22. The molecule has 0 aliphatic carbocycles. The molecule has 0 amide bonds. The smallest absolute Gasteiger partial charge is 0.335 e. The van der Waals surface area contributed by atoms with Crippen LogP contribution < -0.4 is 4.74 Å². The molecule has 1 rings (SSSR count). The molecule has 0 aromatic heterocycles. The van der Waals surface area contributed by atoms with Crippen molar-refractivity contribution in [2.24, 2.45) is 0 Å². The second-order valence-corrected chi connectivity index (χ2v) is 8.43. The number of benzene rings is 1. The van der Waals surface area contributed by atoms with Gasteiger partial charge >= 0.3 is 5.97 Å². The zero-order valence-corrected chi connectivity index (χ0v) is 13.0. The summed E-state index contributed by atoms with van der Waals surface area (Å²) in [4.78, 5) is 10.8. The summed E-state index contributed by atoms with van der Waals surface area (Å²) < 4.78 is 28.4. The third-order valence-corrected chi connectivity index (χ3v) is 5.53. The van der Waals surface area contributed by atoms with Crippen LogP contribution in [-0.2, 0) is 9.84 Å². The van der Waals surface area contributed by atoms with Crippen molar-refractivity contribution in [2.45, 2.75) is 32.4 Å². The summed E-state index contributed by atoms with van der Waals surface area (Å²) in [5.74, 6) is -0.578. The van der Waals surface area contributed by atoms with Crippen LogP contribution in [-0.4, -0.2) is 36.6 Å². The first-order chi connectivity index (χ1) is 9.04. The van der Waals surface area contributed by atoms with E-state index < -0.39 is 20.6 Å². The van der Waals surface area contributed by atoms with Crippen LogP contribution in [0.1, 0.15) is 36.7 Å². The molecule has 0 heterocycles. The van der Waals surface area contributed by atoms with Gasteiger partial charge in [0.05, 0.1) is 16.1 Å². The van der Waals surface area contributed by atoms with Gasteiger partial charge in [0.25, 0.3) is 0 Å². The van der Waals surface area contributed by atoms with Gasteiger partial charge in [-0.1, -0.05) is 0 Å². The van der Waals surface area contributed by atoms with Crippen LogP contribution in [0.4, 0.5) is 0 Å². The summed E-state index contributed by atoms with van der Waals surface area (Å²) in [5, 5.41) is 8.85. The van der Waals surface area contributed by atoms with Gasteiger partial charge in [-0.25, -0.2) is 13.2 Å². The third-order valence-electron chi connectivity index (χ3n) is 2.96. The zero-order valence-electron chi connectivity index (χ0n) is 12.1. The van der Waals surface area contributed by atoms with Crippen LogP contribution in [0.15, 0.2) is 18.2 Å². The quantitative estimate of drug-likeness (QED) is 0.902. The number of hydrogen-bond donors (Lipinski definition) is 1. The van der Waals surface area contributed by atoms with E-state index in [2.05, 4.69) is 0 Å². The lowest BCUT2D eigenvalue weighted by atomic mass is 10.1. The number of rotatable bonds is 5. The molecule has 0 fully saturated rings. The van der Waals surface area contributed by atoms with E-state index in [4.69, 9.17) is 9.84 Å². The monoisotopic (exact) mass is 300 g/mol. The highest BCUT2D eigenvalue weighted by atomic mass is 32.2. The Morgan fingerprint density at radius 2 is 1.90 bits per heavy atom. The van der Waals surface area contributed by atoms with E-state index in [1.807, 2.05) is 0 Å². The molecule has 112 valence electrons.